The molecule has 24 heavy (non-hydrogen) atoms. The molecule has 0 spiro atoms. The third-order valence-corrected chi connectivity index (χ3v) is 5.30. The first kappa shape index (κ1) is 17.4. The van der Waals surface area contributed by atoms with Crippen LogP contribution < -0.4 is 5.32 Å². The Morgan fingerprint density at radius 2 is 2.17 bits per heavy atom. The minimum Gasteiger partial charge on any atom is -0.381 e. The van der Waals surface area contributed by atoms with E-state index in [2.05, 4.69) is 36.5 Å². The van der Waals surface area contributed by atoms with Gasteiger partial charge in [0.25, 0.3) is 0 Å². The Kier molecular flexibility index (Phi) is 6.27. The van der Waals surface area contributed by atoms with Crippen LogP contribution in [0.4, 0.5) is 0 Å². The molecule has 2 saturated heterocycles. The normalized spacial score (nSPS) is 25.6. The molecule has 1 N–H and O–H groups in total. The molecular weight excluding hydrogens is 300 g/mol. The molecule has 2 aliphatic rings. The number of amides is 1. The zero-order chi connectivity index (χ0) is 16.8. The molecule has 3 atom stereocenters. The first-order chi connectivity index (χ1) is 11.7. The third kappa shape index (κ3) is 4.81. The number of likely N-dealkylation sites (tertiary alicyclic amines) is 1. The minimum atomic E-state index is 0.226. The number of ether oxygens (including phenoxy) is 1. The monoisotopic (exact) mass is 330 g/mol. The van der Waals surface area contributed by atoms with Gasteiger partial charge in [-0.25, -0.2) is 0 Å². The van der Waals surface area contributed by atoms with Crippen LogP contribution in [0.3, 0.4) is 0 Å². The van der Waals surface area contributed by atoms with Crippen LogP contribution in [-0.4, -0.2) is 43.7 Å². The summed E-state index contributed by atoms with van der Waals surface area (Å²) in [4.78, 5) is 14.6. The third-order valence-electron chi connectivity index (χ3n) is 5.30. The summed E-state index contributed by atoms with van der Waals surface area (Å²) in [5.41, 5.74) is 1.27. The maximum atomic E-state index is 12.6. The summed E-state index contributed by atoms with van der Waals surface area (Å²) >= 11 is 0. The fraction of sp³-hybridized carbons (Fsp3) is 0.650. The van der Waals surface area contributed by atoms with Gasteiger partial charge >= 0.3 is 0 Å². The highest BCUT2D eigenvalue weighted by atomic mass is 16.5. The maximum Gasteiger partial charge on any atom is 0.236 e. The van der Waals surface area contributed by atoms with Gasteiger partial charge in [-0.05, 0) is 43.1 Å². The number of nitrogens with zero attached hydrogens (tertiary/aromatic N) is 1. The lowest BCUT2D eigenvalue weighted by Gasteiger charge is -2.32. The minimum absolute atomic E-state index is 0.226. The Hall–Kier alpha value is -1.39. The van der Waals surface area contributed by atoms with Gasteiger partial charge in [0, 0.05) is 32.3 Å². The Morgan fingerprint density at radius 1 is 1.33 bits per heavy atom. The molecule has 0 aliphatic carbocycles. The van der Waals surface area contributed by atoms with Crippen LogP contribution >= 0.6 is 0 Å². The Balaban J connectivity index is 1.57. The molecular formula is C20H30N2O2. The van der Waals surface area contributed by atoms with Crippen molar-refractivity contribution in [2.75, 3.05) is 32.8 Å². The Labute approximate surface area is 145 Å². The van der Waals surface area contributed by atoms with E-state index in [0.29, 0.717) is 18.4 Å². The largest absolute Gasteiger partial charge is 0.381 e. The molecule has 1 aromatic carbocycles. The van der Waals surface area contributed by atoms with Gasteiger partial charge in [0.15, 0.2) is 0 Å². The predicted molar refractivity (Wildman–Crippen MR) is 95.7 cm³/mol. The van der Waals surface area contributed by atoms with Crippen LogP contribution in [0.25, 0.3) is 0 Å². The van der Waals surface area contributed by atoms with Crippen molar-refractivity contribution in [2.45, 2.75) is 38.6 Å². The number of piperidine rings is 1. The second-order valence-electron chi connectivity index (χ2n) is 7.40. The molecule has 1 aromatic rings. The van der Waals surface area contributed by atoms with E-state index in [9.17, 15) is 4.79 Å². The van der Waals surface area contributed by atoms with Gasteiger partial charge in [-0.15, -0.1) is 0 Å². The van der Waals surface area contributed by atoms with Gasteiger partial charge < -0.3 is 15.0 Å². The molecule has 0 radical (unpaired) electrons. The van der Waals surface area contributed by atoms with E-state index in [1.165, 1.54) is 12.0 Å². The first-order valence-electron chi connectivity index (χ1n) is 9.36. The van der Waals surface area contributed by atoms with E-state index < -0.39 is 0 Å². The van der Waals surface area contributed by atoms with Crippen molar-refractivity contribution in [3.8, 4) is 0 Å². The molecule has 0 unspecified atom stereocenters. The van der Waals surface area contributed by atoms with Crippen LogP contribution in [0.5, 0.6) is 0 Å². The summed E-state index contributed by atoms with van der Waals surface area (Å²) in [6, 6.07) is 10.7. The second-order valence-corrected chi connectivity index (χ2v) is 7.40. The lowest BCUT2D eigenvalue weighted by atomic mass is 9.94. The summed E-state index contributed by atoms with van der Waals surface area (Å²) in [6.45, 7) is 6.21. The van der Waals surface area contributed by atoms with Gasteiger partial charge in [-0.1, -0.05) is 37.3 Å². The highest BCUT2D eigenvalue weighted by Crippen LogP contribution is 2.26. The second kappa shape index (κ2) is 8.63. The predicted octanol–water partition coefficient (Wildman–Crippen LogP) is 3.00. The van der Waals surface area contributed by atoms with Crippen molar-refractivity contribution >= 4 is 5.91 Å². The fourth-order valence-electron chi connectivity index (χ4n) is 3.86. The Bertz CT molecular complexity index is 514. The van der Waals surface area contributed by atoms with Crippen LogP contribution in [-0.2, 0) is 9.53 Å². The summed E-state index contributed by atoms with van der Waals surface area (Å²) in [5.74, 6) is 1.46. The van der Waals surface area contributed by atoms with Gasteiger partial charge in [-0.3, -0.25) is 4.79 Å². The molecule has 1 amide bonds. The summed E-state index contributed by atoms with van der Waals surface area (Å²) in [5, 5.41) is 3.53. The maximum absolute atomic E-state index is 12.6. The summed E-state index contributed by atoms with van der Waals surface area (Å²) < 4.78 is 5.52. The van der Waals surface area contributed by atoms with E-state index in [4.69, 9.17) is 4.74 Å². The topological polar surface area (TPSA) is 41.6 Å². The standard InChI is InChI=1S/C20H30N2O2/c1-16-6-5-10-22(14-16)20(23)13-21-19(12-17-9-11-24-15-17)18-7-3-2-4-8-18/h2-4,7-8,16-17,19,21H,5-6,9-15H2,1H3/t16-,17-,19-/m1/s1. The molecule has 0 aromatic heterocycles. The number of carbonyl (C=O) groups excluding carboxylic acids is 1. The van der Waals surface area contributed by atoms with Crippen LogP contribution in [0.1, 0.15) is 44.2 Å². The molecule has 4 nitrogen and oxygen atoms in total. The Morgan fingerprint density at radius 3 is 2.88 bits per heavy atom. The summed E-state index contributed by atoms with van der Waals surface area (Å²) in [7, 11) is 0. The van der Waals surface area contributed by atoms with Crippen molar-refractivity contribution in [2.24, 2.45) is 11.8 Å². The van der Waals surface area contributed by atoms with Crippen molar-refractivity contribution in [1.29, 1.82) is 0 Å². The SMILES string of the molecule is C[C@@H]1CCCN(C(=O)CN[C@H](C[C@H]2CCOC2)c2ccccc2)C1. The number of hydrogen-bond donors (Lipinski definition) is 1. The zero-order valence-electron chi connectivity index (χ0n) is 14.7. The van der Waals surface area contributed by atoms with E-state index in [1.807, 2.05) is 11.0 Å². The zero-order valence-corrected chi connectivity index (χ0v) is 14.7. The van der Waals surface area contributed by atoms with Gasteiger partial charge in [0.05, 0.1) is 6.54 Å². The van der Waals surface area contributed by atoms with Crippen LogP contribution in [0, 0.1) is 11.8 Å². The number of rotatable bonds is 6. The molecule has 4 heteroatoms. The van der Waals surface area contributed by atoms with E-state index in [0.717, 1.165) is 45.6 Å². The van der Waals surface area contributed by atoms with Crippen molar-refractivity contribution in [1.82, 2.24) is 10.2 Å². The number of hydrogen-bond acceptors (Lipinski definition) is 3. The molecule has 2 fully saturated rings. The van der Waals surface area contributed by atoms with E-state index >= 15 is 0 Å². The number of carbonyl (C=O) groups is 1. The number of nitrogens with one attached hydrogen (secondary N) is 1. The van der Waals surface area contributed by atoms with E-state index in [-0.39, 0.29) is 11.9 Å². The molecule has 2 heterocycles. The van der Waals surface area contributed by atoms with E-state index in [1.54, 1.807) is 0 Å². The molecule has 0 saturated carbocycles. The van der Waals surface area contributed by atoms with Gasteiger partial charge in [-0.2, -0.15) is 0 Å². The smallest absolute Gasteiger partial charge is 0.236 e. The summed E-state index contributed by atoms with van der Waals surface area (Å²) in [6.07, 6.45) is 4.54. The van der Waals surface area contributed by atoms with Crippen molar-refractivity contribution in [3.05, 3.63) is 35.9 Å². The molecule has 0 bridgehead atoms. The molecule has 2 aliphatic heterocycles. The van der Waals surface area contributed by atoms with Gasteiger partial charge in [0.2, 0.25) is 5.91 Å². The van der Waals surface area contributed by atoms with Crippen LogP contribution in [0.2, 0.25) is 0 Å². The lowest BCUT2D eigenvalue weighted by molar-refractivity contribution is -0.132. The fourth-order valence-corrected chi connectivity index (χ4v) is 3.86. The average Bonchev–Trinajstić information content (AvgIpc) is 3.12. The lowest BCUT2D eigenvalue weighted by Crippen LogP contribution is -2.44. The van der Waals surface area contributed by atoms with Gasteiger partial charge in [0.1, 0.15) is 0 Å². The first-order valence-corrected chi connectivity index (χ1v) is 9.36. The highest BCUT2D eigenvalue weighted by molar-refractivity contribution is 5.78. The quantitative estimate of drug-likeness (QED) is 0.872. The molecule has 132 valence electrons. The molecule has 3 rings (SSSR count). The van der Waals surface area contributed by atoms with Crippen molar-refractivity contribution < 1.29 is 9.53 Å². The number of benzene rings is 1. The van der Waals surface area contributed by atoms with Crippen LogP contribution in [0.15, 0.2) is 30.3 Å². The van der Waals surface area contributed by atoms with Crippen molar-refractivity contribution in [3.63, 3.8) is 0 Å². The highest BCUT2D eigenvalue weighted by Gasteiger charge is 2.24. The average molecular weight is 330 g/mol.